The van der Waals surface area contributed by atoms with E-state index in [-0.39, 0.29) is 0 Å². The van der Waals surface area contributed by atoms with Gasteiger partial charge in [0.2, 0.25) is 0 Å². The fraction of sp³-hybridized carbons (Fsp3) is 0.412. The molecule has 0 aliphatic rings. The molecule has 0 spiro atoms. The Labute approximate surface area is 115 Å². The van der Waals surface area contributed by atoms with Crippen molar-refractivity contribution in [2.24, 2.45) is 0 Å². The Bertz CT molecular complexity index is 529. The number of aromatic nitrogens is 2. The van der Waals surface area contributed by atoms with Crippen LogP contribution in [-0.2, 0) is 12.8 Å². The highest BCUT2D eigenvalue weighted by Crippen LogP contribution is 2.20. The number of hydrogen-bond acceptors (Lipinski definition) is 2. The molecule has 2 rings (SSSR count). The Kier molecular flexibility index (Phi) is 4.67. The Morgan fingerprint density at radius 1 is 1.05 bits per heavy atom. The number of nitrogens with zero attached hydrogens (tertiary/aromatic N) is 2. The summed E-state index contributed by atoms with van der Waals surface area (Å²) in [5.41, 5.74) is 5.65. The van der Waals surface area contributed by atoms with Gasteiger partial charge in [-0.25, -0.2) is 0 Å². The second kappa shape index (κ2) is 6.46. The molecule has 0 unspecified atom stereocenters. The van der Waals surface area contributed by atoms with Crippen molar-refractivity contribution < 1.29 is 0 Å². The monoisotopic (exact) mass is 254 g/mol. The molecule has 0 radical (unpaired) electrons. The van der Waals surface area contributed by atoms with Gasteiger partial charge >= 0.3 is 0 Å². The summed E-state index contributed by atoms with van der Waals surface area (Å²) in [6.45, 7) is 6.41. The quantitative estimate of drug-likeness (QED) is 0.792. The van der Waals surface area contributed by atoms with Crippen molar-refractivity contribution in [1.29, 1.82) is 0 Å². The molecule has 2 heteroatoms. The molecule has 0 atom stereocenters. The van der Waals surface area contributed by atoms with Crippen LogP contribution in [0.25, 0.3) is 11.3 Å². The molecule has 0 amide bonds. The summed E-state index contributed by atoms with van der Waals surface area (Å²) in [7, 11) is 0. The summed E-state index contributed by atoms with van der Waals surface area (Å²) in [4.78, 5) is 9.26. The minimum atomic E-state index is 1.00. The summed E-state index contributed by atoms with van der Waals surface area (Å²) in [6, 6.07) is 8.62. The molecule has 100 valence electrons. The second-order valence-electron chi connectivity index (χ2n) is 4.95. The minimum absolute atomic E-state index is 1.00. The molecule has 0 aliphatic carbocycles. The number of benzene rings is 1. The maximum Gasteiger partial charge on any atom is 0.0914 e. The smallest absolute Gasteiger partial charge is 0.0914 e. The molecular weight excluding hydrogens is 232 g/mol. The van der Waals surface area contributed by atoms with Crippen molar-refractivity contribution in [3.8, 4) is 11.3 Å². The van der Waals surface area contributed by atoms with Crippen LogP contribution < -0.4 is 0 Å². The Morgan fingerprint density at radius 3 is 2.37 bits per heavy atom. The van der Waals surface area contributed by atoms with E-state index in [9.17, 15) is 0 Å². The van der Waals surface area contributed by atoms with Gasteiger partial charge in [-0.3, -0.25) is 9.97 Å². The first-order valence-electron chi connectivity index (χ1n) is 7.16. The first-order chi connectivity index (χ1) is 9.24. The molecule has 1 heterocycles. The van der Waals surface area contributed by atoms with E-state index in [1.54, 1.807) is 0 Å². The van der Waals surface area contributed by atoms with Gasteiger partial charge in [-0.2, -0.15) is 0 Å². The Balaban J connectivity index is 2.24. The van der Waals surface area contributed by atoms with Crippen molar-refractivity contribution in [2.45, 2.75) is 46.5 Å². The van der Waals surface area contributed by atoms with Crippen LogP contribution in [0.3, 0.4) is 0 Å². The van der Waals surface area contributed by atoms with Crippen molar-refractivity contribution in [3.05, 3.63) is 47.4 Å². The van der Waals surface area contributed by atoms with Crippen LogP contribution in [0.15, 0.2) is 30.5 Å². The third-order valence-electron chi connectivity index (χ3n) is 3.42. The predicted octanol–water partition coefficient (Wildman–Crippen LogP) is 4.36. The zero-order valence-corrected chi connectivity index (χ0v) is 12.1. The van der Waals surface area contributed by atoms with Gasteiger partial charge in [-0.05, 0) is 31.7 Å². The van der Waals surface area contributed by atoms with Gasteiger partial charge in [-0.15, -0.1) is 0 Å². The number of unbranched alkanes of at least 4 members (excludes halogenated alkanes) is 1. The summed E-state index contributed by atoms with van der Waals surface area (Å²) < 4.78 is 0. The molecule has 19 heavy (non-hydrogen) atoms. The van der Waals surface area contributed by atoms with E-state index in [0.29, 0.717) is 0 Å². The van der Waals surface area contributed by atoms with E-state index in [4.69, 9.17) is 0 Å². The van der Waals surface area contributed by atoms with Gasteiger partial charge in [0, 0.05) is 11.8 Å². The third-order valence-corrected chi connectivity index (χ3v) is 3.42. The normalized spacial score (nSPS) is 10.7. The SMILES string of the molecule is CCCCc1cnc(-c2ccc(CC)cc2)c(C)n1. The third kappa shape index (κ3) is 3.40. The topological polar surface area (TPSA) is 25.8 Å². The predicted molar refractivity (Wildman–Crippen MR) is 80.2 cm³/mol. The standard InChI is InChI=1S/C17H22N2/c1-4-6-7-16-12-18-17(13(3)19-16)15-10-8-14(5-2)9-11-15/h8-12H,4-7H2,1-3H3. The van der Waals surface area contributed by atoms with Crippen LogP contribution in [0.5, 0.6) is 0 Å². The number of hydrogen-bond donors (Lipinski definition) is 0. The number of aryl methyl sites for hydroxylation is 3. The minimum Gasteiger partial charge on any atom is -0.254 e. The highest BCUT2D eigenvalue weighted by Gasteiger charge is 2.06. The highest BCUT2D eigenvalue weighted by molar-refractivity contribution is 5.61. The molecule has 0 N–H and O–H groups in total. The van der Waals surface area contributed by atoms with Crippen LogP contribution in [0, 0.1) is 6.92 Å². The first-order valence-corrected chi connectivity index (χ1v) is 7.16. The zero-order valence-electron chi connectivity index (χ0n) is 12.1. The molecule has 0 bridgehead atoms. The molecule has 0 fully saturated rings. The van der Waals surface area contributed by atoms with Crippen molar-refractivity contribution in [3.63, 3.8) is 0 Å². The molecule has 1 aromatic carbocycles. The van der Waals surface area contributed by atoms with Crippen molar-refractivity contribution >= 4 is 0 Å². The van der Waals surface area contributed by atoms with Gasteiger partial charge in [0.1, 0.15) is 0 Å². The fourth-order valence-electron chi connectivity index (χ4n) is 2.19. The van der Waals surface area contributed by atoms with Crippen LogP contribution in [-0.4, -0.2) is 9.97 Å². The zero-order chi connectivity index (χ0) is 13.7. The lowest BCUT2D eigenvalue weighted by atomic mass is 10.1. The lowest BCUT2D eigenvalue weighted by Gasteiger charge is -2.07. The van der Waals surface area contributed by atoms with E-state index in [1.807, 2.05) is 13.1 Å². The maximum absolute atomic E-state index is 4.67. The lowest BCUT2D eigenvalue weighted by molar-refractivity contribution is 0.769. The van der Waals surface area contributed by atoms with E-state index >= 15 is 0 Å². The van der Waals surface area contributed by atoms with Crippen LogP contribution in [0.2, 0.25) is 0 Å². The Hall–Kier alpha value is -1.70. The largest absolute Gasteiger partial charge is 0.254 e. The van der Waals surface area contributed by atoms with Gasteiger partial charge in [0.05, 0.1) is 17.1 Å². The average Bonchev–Trinajstić information content (AvgIpc) is 2.45. The summed E-state index contributed by atoms with van der Waals surface area (Å²) in [5.74, 6) is 0. The molecule has 0 saturated carbocycles. The fourth-order valence-corrected chi connectivity index (χ4v) is 2.19. The van der Waals surface area contributed by atoms with E-state index in [1.165, 1.54) is 18.4 Å². The van der Waals surface area contributed by atoms with E-state index in [0.717, 1.165) is 35.5 Å². The molecular formula is C17H22N2. The lowest BCUT2D eigenvalue weighted by Crippen LogP contribution is -1.98. The second-order valence-corrected chi connectivity index (χ2v) is 4.95. The molecule has 0 aliphatic heterocycles. The first kappa shape index (κ1) is 13.7. The van der Waals surface area contributed by atoms with Gasteiger partial charge in [0.25, 0.3) is 0 Å². The van der Waals surface area contributed by atoms with Crippen molar-refractivity contribution in [2.75, 3.05) is 0 Å². The molecule has 2 aromatic rings. The van der Waals surface area contributed by atoms with E-state index < -0.39 is 0 Å². The Morgan fingerprint density at radius 2 is 1.79 bits per heavy atom. The summed E-state index contributed by atoms with van der Waals surface area (Å²) >= 11 is 0. The summed E-state index contributed by atoms with van der Waals surface area (Å²) in [6.07, 6.45) is 6.39. The van der Waals surface area contributed by atoms with Crippen LogP contribution >= 0.6 is 0 Å². The van der Waals surface area contributed by atoms with Gasteiger partial charge in [0.15, 0.2) is 0 Å². The van der Waals surface area contributed by atoms with Crippen LogP contribution in [0.4, 0.5) is 0 Å². The van der Waals surface area contributed by atoms with Crippen LogP contribution in [0.1, 0.15) is 43.6 Å². The number of rotatable bonds is 5. The van der Waals surface area contributed by atoms with Gasteiger partial charge in [-0.1, -0.05) is 44.5 Å². The average molecular weight is 254 g/mol. The summed E-state index contributed by atoms with van der Waals surface area (Å²) in [5, 5.41) is 0. The van der Waals surface area contributed by atoms with Gasteiger partial charge < -0.3 is 0 Å². The molecule has 2 nitrogen and oxygen atoms in total. The maximum atomic E-state index is 4.67. The highest BCUT2D eigenvalue weighted by atomic mass is 14.8. The van der Waals surface area contributed by atoms with E-state index in [2.05, 4.69) is 48.1 Å². The molecule has 1 aromatic heterocycles. The molecule has 0 saturated heterocycles. The van der Waals surface area contributed by atoms with Crippen molar-refractivity contribution in [1.82, 2.24) is 9.97 Å².